The number of aryl methyl sites for hydroxylation is 1. The lowest BCUT2D eigenvalue weighted by Crippen LogP contribution is -2.51. The zero-order valence-corrected chi connectivity index (χ0v) is 13.4. The standard InChI is InChI=1S/C17H23NO2S/c1-15-7-9-16(10-8-15)21(19,20)18-14-6-5-13-17(18)11-3-2-4-12-17/h6-10,14H,2-5,11-13H2,1H3. The summed E-state index contributed by atoms with van der Waals surface area (Å²) < 4.78 is 27.8. The molecule has 2 aliphatic rings. The fourth-order valence-corrected chi connectivity index (χ4v) is 5.37. The van der Waals surface area contributed by atoms with E-state index < -0.39 is 10.0 Å². The van der Waals surface area contributed by atoms with E-state index in [1.165, 1.54) is 6.42 Å². The van der Waals surface area contributed by atoms with Crippen molar-refractivity contribution in [2.75, 3.05) is 0 Å². The lowest BCUT2D eigenvalue weighted by molar-refractivity contribution is 0.147. The Labute approximate surface area is 127 Å². The number of benzene rings is 1. The largest absolute Gasteiger partial charge is 0.268 e. The summed E-state index contributed by atoms with van der Waals surface area (Å²) in [5, 5.41) is 0. The molecule has 1 aromatic carbocycles. The number of sulfonamides is 1. The van der Waals surface area contributed by atoms with Crippen LogP contribution in [0, 0.1) is 6.92 Å². The molecule has 114 valence electrons. The fourth-order valence-electron chi connectivity index (χ4n) is 3.63. The van der Waals surface area contributed by atoms with E-state index in [0.29, 0.717) is 4.90 Å². The highest BCUT2D eigenvalue weighted by Crippen LogP contribution is 2.42. The fraction of sp³-hybridized carbons (Fsp3) is 0.529. The van der Waals surface area contributed by atoms with Gasteiger partial charge in [-0.15, -0.1) is 0 Å². The zero-order valence-electron chi connectivity index (χ0n) is 12.6. The smallest absolute Gasteiger partial charge is 0.264 e. The van der Waals surface area contributed by atoms with Gasteiger partial charge in [0.15, 0.2) is 0 Å². The van der Waals surface area contributed by atoms with E-state index in [9.17, 15) is 8.42 Å². The molecule has 1 saturated carbocycles. The van der Waals surface area contributed by atoms with Crippen molar-refractivity contribution in [3.63, 3.8) is 0 Å². The van der Waals surface area contributed by atoms with Crippen LogP contribution in [0.4, 0.5) is 0 Å². The monoisotopic (exact) mass is 305 g/mol. The number of hydrogen-bond acceptors (Lipinski definition) is 2. The Morgan fingerprint density at radius 3 is 2.33 bits per heavy atom. The van der Waals surface area contributed by atoms with Crippen LogP contribution >= 0.6 is 0 Å². The molecule has 3 nitrogen and oxygen atoms in total. The SMILES string of the molecule is Cc1ccc(S(=O)(=O)N2C=CCCC23CCCCC3)cc1. The van der Waals surface area contributed by atoms with Crippen molar-refractivity contribution in [3.8, 4) is 0 Å². The van der Waals surface area contributed by atoms with Gasteiger partial charge in [0, 0.05) is 6.20 Å². The quantitative estimate of drug-likeness (QED) is 0.828. The lowest BCUT2D eigenvalue weighted by atomic mass is 9.77. The summed E-state index contributed by atoms with van der Waals surface area (Å²) in [5.41, 5.74) is 0.895. The first-order valence-electron chi connectivity index (χ1n) is 7.83. The number of rotatable bonds is 2. The molecule has 0 amide bonds. The van der Waals surface area contributed by atoms with Crippen molar-refractivity contribution < 1.29 is 8.42 Å². The Kier molecular flexibility index (Phi) is 3.82. The predicted molar refractivity (Wildman–Crippen MR) is 84.4 cm³/mol. The van der Waals surface area contributed by atoms with Crippen LogP contribution in [0.25, 0.3) is 0 Å². The Morgan fingerprint density at radius 1 is 1.00 bits per heavy atom. The predicted octanol–water partition coefficient (Wildman–Crippen LogP) is 4.00. The first kappa shape index (κ1) is 14.6. The summed E-state index contributed by atoms with van der Waals surface area (Å²) in [6, 6.07) is 7.19. The highest BCUT2D eigenvalue weighted by Gasteiger charge is 2.43. The first-order valence-corrected chi connectivity index (χ1v) is 9.27. The van der Waals surface area contributed by atoms with E-state index in [-0.39, 0.29) is 5.54 Å². The summed E-state index contributed by atoms with van der Waals surface area (Å²) in [6.45, 7) is 1.97. The molecule has 1 aliphatic carbocycles. The summed E-state index contributed by atoms with van der Waals surface area (Å²) in [6.07, 6.45) is 11.2. The van der Waals surface area contributed by atoms with Crippen LogP contribution in [0.2, 0.25) is 0 Å². The highest BCUT2D eigenvalue weighted by atomic mass is 32.2. The van der Waals surface area contributed by atoms with Crippen molar-refractivity contribution in [2.45, 2.75) is 62.3 Å². The summed E-state index contributed by atoms with van der Waals surface area (Å²) in [4.78, 5) is 0.407. The third-order valence-corrected chi connectivity index (χ3v) is 6.74. The van der Waals surface area contributed by atoms with Crippen LogP contribution in [0.3, 0.4) is 0 Å². The van der Waals surface area contributed by atoms with Crippen LogP contribution in [0.5, 0.6) is 0 Å². The third kappa shape index (κ3) is 2.61. The first-order chi connectivity index (χ1) is 10.0. The normalized spacial score (nSPS) is 21.7. The van der Waals surface area contributed by atoms with Gasteiger partial charge in [-0.2, -0.15) is 0 Å². The van der Waals surface area contributed by atoms with Gasteiger partial charge < -0.3 is 0 Å². The minimum atomic E-state index is -3.44. The molecule has 1 spiro atoms. The molecule has 3 rings (SSSR count). The maximum absolute atomic E-state index is 13.0. The molecule has 0 bridgehead atoms. The van der Waals surface area contributed by atoms with Gasteiger partial charge in [0.2, 0.25) is 0 Å². The van der Waals surface area contributed by atoms with E-state index in [1.807, 2.05) is 31.3 Å². The molecule has 0 radical (unpaired) electrons. The molecule has 1 aliphatic heterocycles. The van der Waals surface area contributed by atoms with Crippen molar-refractivity contribution in [3.05, 3.63) is 42.1 Å². The lowest BCUT2D eigenvalue weighted by Gasteiger charge is -2.47. The minimum absolute atomic E-state index is 0.184. The maximum atomic E-state index is 13.0. The van der Waals surface area contributed by atoms with E-state index in [2.05, 4.69) is 0 Å². The molecular formula is C17H23NO2S. The molecule has 1 heterocycles. The number of nitrogens with zero attached hydrogens (tertiary/aromatic N) is 1. The second-order valence-corrected chi connectivity index (χ2v) is 8.14. The van der Waals surface area contributed by atoms with Crippen LogP contribution in [0.1, 0.15) is 50.5 Å². The van der Waals surface area contributed by atoms with Crippen LogP contribution in [-0.4, -0.2) is 18.3 Å². The van der Waals surface area contributed by atoms with Gasteiger partial charge in [-0.05, 0) is 44.7 Å². The highest BCUT2D eigenvalue weighted by molar-refractivity contribution is 7.89. The van der Waals surface area contributed by atoms with E-state index in [4.69, 9.17) is 0 Å². The van der Waals surface area contributed by atoms with E-state index in [1.54, 1.807) is 16.4 Å². The Hall–Kier alpha value is -1.29. The van der Waals surface area contributed by atoms with Crippen molar-refractivity contribution in [2.24, 2.45) is 0 Å². The Morgan fingerprint density at radius 2 is 1.67 bits per heavy atom. The summed E-state index contributed by atoms with van der Waals surface area (Å²) >= 11 is 0. The molecule has 4 heteroatoms. The van der Waals surface area contributed by atoms with Gasteiger partial charge in [-0.1, -0.05) is 43.0 Å². The number of allylic oxidation sites excluding steroid dienone is 1. The molecule has 1 aromatic rings. The Balaban J connectivity index is 2.01. The number of hydrogen-bond donors (Lipinski definition) is 0. The van der Waals surface area contributed by atoms with Gasteiger partial charge in [-0.3, -0.25) is 4.31 Å². The second-order valence-electron chi connectivity index (χ2n) is 6.32. The maximum Gasteiger partial charge on any atom is 0.264 e. The molecule has 0 aromatic heterocycles. The Bertz CT molecular complexity index is 625. The van der Waals surface area contributed by atoms with Crippen molar-refractivity contribution in [1.82, 2.24) is 4.31 Å². The van der Waals surface area contributed by atoms with Crippen LogP contribution in [-0.2, 0) is 10.0 Å². The van der Waals surface area contributed by atoms with Gasteiger partial charge >= 0.3 is 0 Å². The summed E-state index contributed by atoms with van der Waals surface area (Å²) in [7, 11) is -3.44. The van der Waals surface area contributed by atoms with Gasteiger partial charge in [0.1, 0.15) is 0 Å². The van der Waals surface area contributed by atoms with Crippen LogP contribution < -0.4 is 0 Å². The topological polar surface area (TPSA) is 37.4 Å². The average Bonchev–Trinajstić information content (AvgIpc) is 2.49. The molecule has 0 N–H and O–H groups in total. The molecule has 0 unspecified atom stereocenters. The molecule has 0 atom stereocenters. The minimum Gasteiger partial charge on any atom is -0.268 e. The molecule has 1 fully saturated rings. The van der Waals surface area contributed by atoms with E-state index >= 15 is 0 Å². The van der Waals surface area contributed by atoms with Crippen molar-refractivity contribution >= 4 is 10.0 Å². The second kappa shape index (κ2) is 5.48. The molecule has 0 saturated heterocycles. The van der Waals surface area contributed by atoms with E-state index in [0.717, 1.165) is 44.1 Å². The third-order valence-electron chi connectivity index (χ3n) is 4.85. The molecule has 21 heavy (non-hydrogen) atoms. The zero-order chi connectivity index (χ0) is 14.9. The average molecular weight is 305 g/mol. The van der Waals surface area contributed by atoms with Gasteiger partial charge in [0.05, 0.1) is 10.4 Å². The van der Waals surface area contributed by atoms with Gasteiger partial charge in [0.25, 0.3) is 10.0 Å². The molecular weight excluding hydrogens is 282 g/mol. The van der Waals surface area contributed by atoms with Crippen molar-refractivity contribution in [1.29, 1.82) is 0 Å². The van der Waals surface area contributed by atoms with Gasteiger partial charge in [-0.25, -0.2) is 8.42 Å². The summed E-state index contributed by atoms with van der Waals surface area (Å²) in [5.74, 6) is 0. The van der Waals surface area contributed by atoms with Crippen LogP contribution in [0.15, 0.2) is 41.4 Å².